The number of aliphatic hydroxyl groups excluding tert-OH is 1. The molecular formula is C20H22N2O3. The second-order valence-corrected chi connectivity index (χ2v) is 5.84. The summed E-state index contributed by atoms with van der Waals surface area (Å²) in [6, 6.07) is 13.4. The maximum absolute atomic E-state index is 10.5. The molecule has 3 aromatic rings. The van der Waals surface area contributed by atoms with E-state index in [2.05, 4.69) is 10.3 Å². The zero-order valence-corrected chi connectivity index (χ0v) is 14.6. The van der Waals surface area contributed by atoms with Gasteiger partial charge in [0, 0.05) is 23.8 Å². The number of methoxy groups -OCH3 is 2. The lowest BCUT2D eigenvalue weighted by molar-refractivity contribution is 0.191. The van der Waals surface area contributed by atoms with Crippen LogP contribution in [0.2, 0.25) is 0 Å². The van der Waals surface area contributed by atoms with Gasteiger partial charge < -0.3 is 19.9 Å². The van der Waals surface area contributed by atoms with Gasteiger partial charge in [-0.1, -0.05) is 24.3 Å². The number of aromatic nitrogens is 1. The Bertz CT molecular complexity index is 880. The third kappa shape index (κ3) is 3.51. The molecule has 0 aliphatic heterocycles. The summed E-state index contributed by atoms with van der Waals surface area (Å²) in [4.78, 5) is 4.44. The molecule has 0 amide bonds. The predicted octanol–water partition coefficient (Wildman–Crippen LogP) is 3.71. The van der Waals surface area contributed by atoms with Crippen LogP contribution >= 0.6 is 0 Å². The van der Waals surface area contributed by atoms with Crippen molar-refractivity contribution in [1.29, 1.82) is 0 Å². The highest BCUT2D eigenvalue weighted by Crippen LogP contribution is 2.30. The largest absolute Gasteiger partial charge is 0.493 e. The molecule has 1 heterocycles. The van der Waals surface area contributed by atoms with Crippen LogP contribution in [-0.2, 0) is 0 Å². The van der Waals surface area contributed by atoms with Crippen LogP contribution in [0.1, 0.15) is 17.2 Å². The zero-order chi connectivity index (χ0) is 17.8. The molecule has 0 radical (unpaired) electrons. The first kappa shape index (κ1) is 17.0. The number of rotatable bonds is 6. The van der Waals surface area contributed by atoms with E-state index in [1.54, 1.807) is 32.5 Å². The number of hydrogen-bond donors (Lipinski definition) is 2. The molecule has 0 saturated carbocycles. The molecule has 0 spiro atoms. The number of para-hydroxylation sites is 1. The zero-order valence-electron chi connectivity index (χ0n) is 14.6. The van der Waals surface area contributed by atoms with Gasteiger partial charge in [0.05, 0.1) is 25.8 Å². The number of aryl methyl sites for hydroxylation is 1. The number of ether oxygens (including phenoxy) is 2. The van der Waals surface area contributed by atoms with Crippen molar-refractivity contribution in [2.75, 3.05) is 26.1 Å². The Kier molecular flexibility index (Phi) is 5.05. The molecule has 5 nitrogen and oxygen atoms in total. The minimum atomic E-state index is -0.673. The molecule has 0 saturated heterocycles. The van der Waals surface area contributed by atoms with Crippen molar-refractivity contribution >= 4 is 16.6 Å². The quantitative estimate of drug-likeness (QED) is 0.717. The minimum absolute atomic E-state index is 0.378. The molecule has 130 valence electrons. The second kappa shape index (κ2) is 7.40. The van der Waals surface area contributed by atoms with Crippen LogP contribution in [0.25, 0.3) is 10.9 Å². The molecule has 2 N–H and O–H groups in total. The molecule has 1 atom stereocenters. The SMILES string of the molecule is COc1ccc(C(O)CNc2ccnc3c(C)cccc23)cc1OC. The second-order valence-electron chi connectivity index (χ2n) is 5.84. The van der Waals surface area contributed by atoms with E-state index in [4.69, 9.17) is 9.47 Å². The molecule has 0 aliphatic carbocycles. The van der Waals surface area contributed by atoms with Crippen molar-refractivity contribution < 1.29 is 14.6 Å². The first-order valence-corrected chi connectivity index (χ1v) is 8.12. The number of fused-ring (bicyclic) bond motifs is 1. The van der Waals surface area contributed by atoms with Crippen molar-refractivity contribution in [3.8, 4) is 11.5 Å². The fraction of sp³-hybridized carbons (Fsp3) is 0.250. The summed E-state index contributed by atoms with van der Waals surface area (Å²) in [6.45, 7) is 2.42. The highest BCUT2D eigenvalue weighted by Gasteiger charge is 2.12. The van der Waals surface area contributed by atoms with Crippen molar-refractivity contribution in [3.05, 3.63) is 59.8 Å². The lowest BCUT2D eigenvalue weighted by atomic mass is 10.1. The molecule has 1 unspecified atom stereocenters. The molecule has 25 heavy (non-hydrogen) atoms. The van der Waals surface area contributed by atoms with Crippen LogP contribution in [0.4, 0.5) is 5.69 Å². The average Bonchev–Trinajstić information content (AvgIpc) is 2.65. The van der Waals surface area contributed by atoms with Gasteiger partial charge in [-0.15, -0.1) is 0 Å². The summed E-state index contributed by atoms with van der Waals surface area (Å²) >= 11 is 0. The van der Waals surface area contributed by atoms with Crippen LogP contribution in [0, 0.1) is 6.92 Å². The van der Waals surface area contributed by atoms with Crippen molar-refractivity contribution in [1.82, 2.24) is 4.98 Å². The molecule has 0 fully saturated rings. The Labute approximate surface area is 147 Å². The van der Waals surface area contributed by atoms with Crippen LogP contribution < -0.4 is 14.8 Å². The summed E-state index contributed by atoms with van der Waals surface area (Å²) in [7, 11) is 3.17. The number of hydrogen-bond acceptors (Lipinski definition) is 5. The predicted molar refractivity (Wildman–Crippen MR) is 99.5 cm³/mol. The van der Waals surface area contributed by atoms with Crippen LogP contribution in [0.3, 0.4) is 0 Å². The van der Waals surface area contributed by atoms with E-state index >= 15 is 0 Å². The normalized spacial score (nSPS) is 12.0. The molecule has 2 aromatic carbocycles. The Hall–Kier alpha value is -2.79. The van der Waals surface area contributed by atoms with Gasteiger partial charge in [0.2, 0.25) is 0 Å². The topological polar surface area (TPSA) is 63.6 Å². The monoisotopic (exact) mass is 338 g/mol. The third-order valence-corrected chi connectivity index (χ3v) is 4.25. The molecule has 1 aromatic heterocycles. The number of aliphatic hydroxyl groups is 1. The number of benzene rings is 2. The molecular weight excluding hydrogens is 316 g/mol. The van der Waals surface area contributed by atoms with Gasteiger partial charge in [0.1, 0.15) is 0 Å². The fourth-order valence-corrected chi connectivity index (χ4v) is 2.86. The van der Waals surface area contributed by atoms with Crippen molar-refractivity contribution in [2.45, 2.75) is 13.0 Å². The average molecular weight is 338 g/mol. The summed E-state index contributed by atoms with van der Waals surface area (Å²) < 4.78 is 10.5. The Morgan fingerprint density at radius 3 is 2.64 bits per heavy atom. The van der Waals surface area contributed by atoms with E-state index in [1.165, 1.54) is 0 Å². The van der Waals surface area contributed by atoms with Crippen LogP contribution in [0.15, 0.2) is 48.7 Å². The van der Waals surface area contributed by atoms with E-state index < -0.39 is 6.10 Å². The number of nitrogens with zero attached hydrogens (tertiary/aromatic N) is 1. The smallest absolute Gasteiger partial charge is 0.161 e. The van der Waals surface area contributed by atoms with E-state index in [1.807, 2.05) is 37.3 Å². The van der Waals surface area contributed by atoms with Gasteiger partial charge in [-0.25, -0.2) is 0 Å². The molecule has 0 aliphatic rings. The fourth-order valence-electron chi connectivity index (χ4n) is 2.86. The van der Waals surface area contributed by atoms with E-state index in [0.717, 1.165) is 27.7 Å². The Morgan fingerprint density at radius 1 is 1.08 bits per heavy atom. The minimum Gasteiger partial charge on any atom is -0.493 e. The van der Waals surface area contributed by atoms with Gasteiger partial charge in [-0.05, 0) is 36.2 Å². The molecule has 0 bridgehead atoms. The summed E-state index contributed by atoms with van der Waals surface area (Å²) in [5.41, 5.74) is 3.81. The Morgan fingerprint density at radius 2 is 1.88 bits per heavy atom. The lowest BCUT2D eigenvalue weighted by Gasteiger charge is -2.16. The Balaban J connectivity index is 1.79. The van der Waals surface area contributed by atoms with Crippen LogP contribution in [0.5, 0.6) is 11.5 Å². The van der Waals surface area contributed by atoms with E-state index in [-0.39, 0.29) is 0 Å². The first-order valence-electron chi connectivity index (χ1n) is 8.12. The summed E-state index contributed by atoms with van der Waals surface area (Å²) in [5.74, 6) is 1.24. The third-order valence-electron chi connectivity index (χ3n) is 4.25. The van der Waals surface area contributed by atoms with Gasteiger partial charge >= 0.3 is 0 Å². The molecule has 5 heteroatoms. The number of pyridine rings is 1. The highest BCUT2D eigenvalue weighted by atomic mass is 16.5. The highest BCUT2D eigenvalue weighted by molar-refractivity contribution is 5.92. The van der Waals surface area contributed by atoms with Gasteiger partial charge in [-0.3, -0.25) is 4.98 Å². The maximum Gasteiger partial charge on any atom is 0.161 e. The van der Waals surface area contributed by atoms with E-state index in [9.17, 15) is 5.11 Å². The van der Waals surface area contributed by atoms with Crippen LogP contribution in [-0.4, -0.2) is 30.9 Å². The lowest BCUT2D eigenvalue weighted by Crippen LogP contribution is -2.12. The van der Waals surface area contributed by atoms with Gasteiger partial charge in [0.15, 0.2) is 11.5 Å². The van der Waals surface area contributed by atoms with Crippen molar-refractivity contribution in [2.24, 2.45) is 0 Å². The van der Waals surface area contributed by atoms with Crippen molar-refractivity contribution in [3.63, 3.8) is 0 Å². The first-order chi connectivity index (χ1) is 12.1. The molecule has 3 rings (SSSR count). The van der Waals surface area contributed by atoms with E-state index in [0.29, 0.717) is 18.0 Å². The number of anilines is 1. The summed E-state index contributed by atoms with van der Waals surface area (Å²) in [5, 5.41) is 14.9. The van der Waals surface area contributed by atoms with Gasteiger partial charge in [-0.2, -0.15) is 0 Å². The maximum atomic E-state index is 10.5. The summed E-state index contributed by atoms with van der Waals surface area (Å²) in [6.07, 6.45) is 1.10. The van der Waals surface area contributed by atoms with Gasteiger partial charge in [0.25, 0.3) is 0 Å². The standard InChI is InChI=1S/C20H22N2O3/c1-13-5-4-6-15-16(9-10-21-20(13)15)22-12-17(23)14-7-8-18(24-2)19(11-14)25-3/h4-11,17,23H,12H2,1-3H3,(H,21,22). The number of nitrogens with one attached hydrogen (secondary N) is 1.